The summed E-state index contributed by atoms with van der Waals surface area (Å²) in [6.45, 7) is -0.0168. The van der Waals surface area contributed by atoms with Crippen LogP contribution in [0.3, 0.4) is 0 Å². The number of phenolic OH excluding ortho intramolecular Hbond substituents is 1. The molecule has 5 nitrogen and oxygen atoms in total. The van der Waals surface area contributed by atoms with Gasteiger partial charge in [0.1, 0.15) is 17.9 Å². The number of fused-ring (bicyclic) bond motifs is 1. The van der Waals surface area contributed by atoms with E-state index in [9.17, 15) is 14.7 Å². The van der Waals surface area contributed by atoms with Gasteiger partial charge in [-0.3, -0.25) is 4.79 Å². The van der Waals surface area contributed by atoms with E-state index in [1.54, 1.807) is 6.07 Å². The van der Waals surface area contributed by atoms with Crippen LogP contribution in [0.25, 0.3) is 11.0 Å². The molecule has 0 bridgehead atoms. The van der Waals surface area contributed by atoms with Gasteiger partial charge in [-0.25, -0.2) is 4.79 Å². The molecule has 0 fully saturated rings. The maximum Gasteiger partial charge on any atom is 0.336 e. The Hall–Kier alpha value is -2.60. The fraction of sp³-hybridized carbons (Fsp3) is 0.125. The smallest absolute Gasteiger partial charge is 0.336 e. The van der Waals surface area contributed by atoms with E-state index >= 15 is 0 Å². The van der Waals surface area contributed by atoms with Gasteiger partial charge in [0.05, 0.1) is 6.42 Å². The first-order chi connectivity index (χ1) is 10.6. The van der Waals surface area contributed by atoms with E-state index in [2.05, 4.69) is 0 Å². The highest BCUT2D eigenvalue weighted by Gasteiger charge is 2.10. The molecule has 0 unspecified atom stereocenters. The summed E-state index contributed by atoms with van der Waals surface area (Å²) in [6.07, 6.45) is 0.206. The minimum atomic E-state index is -0.553. The van der Waals surface area contributed by atoms with Crippen molar-refractivity contribution in [1.29, 1.82) is 0 Å². The lowest BCUT2D eigenvalue weighted by molar-refractivity contribution is -0.144. The van der Waals surface area contributed by atoms with E-state index in [1.165, 1.54) is 29.5 Å². The van der Waals surface area contributed by atoms with Gasteiger partial charge in [-0.15, -0.1) is 11.3 Å². The molecule has 0 aliphatic rings. The molecule has 3 aromatic rings. The van der Waals surface area contributed by atoms with E-state index in [-0.39, 0.29) is 30.3 Å². The van der Waals surface area contributed by atoms with Crippen LogP contribution in [0.4, 0.5) is 0 Å². The molecule has 2 heterocycles. The third-order valence-electron chi connectivity index (χ3n) is 3.10. The Kier molecular flexibility index (Phi) is 3.93. The third kappa shape index (κ3) is 3.17. The molecule has 1 N–H and O–H groups in total. The van der Waals surface area contributed by atoms with Gasteiger partial charge in [0, 0.05) is 28.0 Å². The van der Waals surface area contributed by atoms with Crippen LogP contribution in [-0.4, -0.2) is 11.1 Å². The van der Waals surface area contributed by atoms with Crippen LogP contribution in [0, 0.1) is 0 Å². The number of ether oxygens (including phenoxy) is 1. The SMILES string of the molecule is O=C(Cc1cccs1)OCc1cc(=O)oc2cc(O)ccc12. The Bertz CT molecular complexity index is 864. The first kappa shape index (κ1) is 14.3. The Labute approximate surface area is 129 Å². The lowest BCUT2D eigenvalue weighted by atomic mass is 10.1. The molecule has 22 heavy (non-hydrogen) atoms. The van der Waals surface area contributed by atoms with Crippen molar-refractivity contribution in [3.8, 4) is 5.75 Å². The first-order valence-electron chi connectivity index (χ1n) is 6.55. The number of carbonyl (C=O) groups is 1. The molecule has 0 aliphatic carbocycles. The van der Waals surface area contributed by atoms with Crippen molar-refractivity contribution in [2.75, 3.05) is 0 Å². The van der Waals surface area contributed by atoms with Crippen molar-refractivity contribution in [1.82, 2.24) is 0 Å². The number of carbonyl (C=O) groups excluding carboxylic acids is 1. The second-order valence-corrected chi connectivity index (χ2v) is 5.72. The molecule has 0 amide bonds. The molecular weight excluding hydrogens is 304 g/mol. The number of rotatable bonds is 4. The highest BCUT2D eigenvalue weighted by atomic mass is 32.1. The fourth-order valence-electron chi connectivity index (χ4n) is 2.10. The molecule has 0 spiro atoms. The molecule has 0 saturated heterocycles. The highest BCUT2D eigenvalue weighted by molar-refractivity contribution is 7.10. The van der Waals surface area contributed by atoms with Crippen LogP contribution in [0.15, 0.2) is 51.0 Å². The summed E-state index contributed by atoms with van der Waals surface area (Å²) in [4.78, 5) is 24.3. The van der Waals surface area contributed by atoms with Gasteiger partial charge >= 0.3 is 11.6 Å². The Balaban J connectivity index is 1.79. The molecule has 3 rings (SSSR count). The molecule has 6 heteroatoms. The van der Waals surface area contributed by atoms with E-state index in [0.29, 0.717) is 10.9 Å². The van der Waals surface area contributed by atoms with E-state index in [0.717, 1.165) is 4.88 Å². The molecule has 1 aromatic carbocycles. The number of hydrogen-bond donors (Lipinski definition) is 1. The average Bonchev–Trinajstić information content (AvgIpc) is 2.97. The normalized spacial score (nSPS) is 10.7. The zero-order chi connectivity index (χ0) is 15.5. The van der Waals surface area contributed by atoms with Crippen LogP contribution in [0.5, 0.6) is 5.75 Å². The predicted octanol–water partition coefficient (Wildman–Crippen LogP) is 2.85. The maximum atomic E-state index is 11.8. The van der Waals surface area contributed by atoms with Crippen LogP contribution >= 0.6 is 11.3 Å². The standard InChI is InChI=1S/C16H12O5S/c17-11-3-4-13-10(6-16(19)21-14(13)7-11)9-20-15(18)8-12-2-1-5-22-12/h1-7,17H,8-9H2. The molecule has 0 aliphatic heterocycles. The van der Waals surface area contributed by atoms with E-state index in [4.69, 9.17) is 9.15 Å². The summed E-state index contributed by atoms with van der Waals surface area (Å²) in [5, 5.41) is 11.9. The summed E-state index contributed by atoms with van der Waals surface area (Å²) < 4.78 is 10.2. The Morgan fingerprint density at radius 2 is 2.14 bits per heavy atom. The second kappa shape index (κ2) is 6.03. The largest absolute Gasteiger partial charge is 0.508 e. The first-order valence-corrected chi connectivity index (χ1v) is 7.43. The van der Waals surface area contributed by atoms with Crippen LogP contribution in [-0.2, 0) is 22.6 Å². The van der Waals surface area contributed by atoms with Gasteiger partial charge in [0.15, 0.2) is 0 Å². The number of benzene rings is 1. The second-order valence-electron chi connectivity index (χ2n) is 4.69. The highest BCUT2D eigenvalue weighted by Crippen LogP contribution is 2.22. The van der Waals surface area contributed by atoms with Crippen molar-refractivity contribution in [3.05, 3.63) is 62.6 Å². The van der Waals surface area contributed by atoms with Crippen molar-refractivity contribution >= 4 is 28.3 Å². The van der Waals surface area contributed by atoms with Gasteiger partial charge in [-0.2, -0.15) is 0 Å². The van der Waals surface area contributed by atoms with Crippen molar-refractivity contribution in [2.45, 2.75) is 13.0 Å². The molecule has 112 valence electrons. The molecule has 0 saturated carbocycles. The molecular formula is C16H12O5S. The summed E-state index contributed by atoms with van der Waals surface area (Å²) in [5.74, 6) is -0.356. The summed E-state index contributed by atoms with van der Waals surface area (Å²) in [6, 6.07) is 9.48. The van der Waals surface area contributed by atoms with Gasteiger partial charge in [-0.05, 0) is 23.6 Å². The molecule has 2 aromatic heterocycles. The van der Waals surface area contributed by atoms with Crippen molar-refractivity contribution < 1.29 is 19.1 Å². The van der Waals surface area contributed by atoms with Crippen LogP contribution in [0.2, 0.25) is 0 Å². The topological polar surface area (TPSA) is 76.7 Å². The quantitative estimate of drug-likeness (QED) is 0.591. The van der Waals surface area contributed by atoms with Gasteiger partial charge in [0.25, 0.3) is 0 Å². The van der Waals surface area contributed by atoms with Crippen LogP contribution in [0.1, 0.15) is 10.4 Å². The number of esters is 1. The number of phenols is 1. The van der Waals surface area contributed by atoms with Crippen molar-refractivity contribution in [3.63, 3.8) is 0 Å². The Morgan fingerprint density at radius 1 is 1.27 bits per heavy atom. The zero-order valence-electron chi connectivity index (χ0n) is 11.4. The van der Waals surface area contributed by atoms with Crippen LogP contribution < -0.4 is 5.63 Å². The van der Waals surface area contributed by atoms with E-state index < -0.39 is 5.63 Å². The molecule has 0 atom stereocenters. The zero-order valence-corrected chi connectivity index (χ0v) is 12.3. The minimum Gasteiger partial charge on any atom is -0.508 e. The maximum absolute atomic E-state index is 11.8. The summed E-state index contributed by atoms with van der Waals surface area (Å²) >= 11 is 1.49. The third-order valence-corrected chi connectivity index (χ3v) is 3.98. The minimum absolute atomic E-state index is 0.00231. The molecule has 0 radical (unpaired) electrons. The van der Waals surface area contributed by atoms with Gasteiger partial charge < -0.3 is 14.3 Å². The van der Waals surface area contributed by atoms with E-state index in [1.807, 2.05) is 17.5 Å². The summed E-state index contributed by atoms with van der Waals surface area (Å²) in [5.41, 5.74) is 0.255. The Morgan fingerprint density at radius 3 is 2.91 bits per heavy atom. The lowest BCUT2D eigenvalue weighted by Gasteiger charge is -2.07. The van der Waals surface area contributed by atoms with Crippen molar-refractivity contribution in [2.24, 2.45) is 0 Å². The summed E-state index contributed by atoms with van der Waals surface area (Å²) in [7, 11) is 0. The monoisotopic (exact) mass is 316 g/mol. The number of aromatic hydroxyl groups is 1. The average molecular weight is 316 g/mol. The number of hydrogen-bond acceptors (Lipinski definition) is 6. The number of thiophene rings is 1. The van der Waals surface area contributed by atoms with Gasteiger partial charge in [0.2, 0.25) is 0 Å². The lowest BCUT2D eigenvalue weighted by Crippen LogP contribution is -2.09. The van der Waals surface area contributed by atoms with Gasteiger partial charge in [-0.1, -0.05) is 6.07 Å². The fourth-order valence-corrected chi connectivity index (χ4v) is 2.79. The predicted molar refractivity (Wildman–Crippen MR) is 82.0 cm³/mol.